The highest BCUT2D eigenvalue weighted by molar-refractivity contribution is 5.78. The molecule has 1 saturated heterocycles. The molecule has 13 heavy (non-hydrogen) atoms. The number of amides is 1. The Morgan fingerprint density at radius 3 is 2.62 bits per heavy atom. The standard InChI is InChI=1S/C10H20N2O/c1-8(2)9(11-3)7-12-6-4-5-10(12)13/h8-9,11H,4-7H2,1-3H3. The summed E-state index contributed by atoms with van der Waals surface area (Å²) in [5.74, 6) is 0.902. The molecule has 0 radical (unpaired) electrons. The number of likely N-dealkylation sites (tertiary alicyclic amines) is 1. The largest absolute Gasteiger partial charge is 0.341 e. The van der Waals surface area contributed by atoms with Crippen molar-refractivity contribution in [2.45, 2.75) is 32.7 Å². The number of nitrogens with one attached hydrogen (secondary N) is 1. The van der Waals surface area contributed by atoms with Gasteiger partial charge in [0.1, 0.15) is 0 Å². The number of hydrogen-bond donors (Lipinski definition) is 1. The van der Waals surface area contributed by atoms with Gasteiger partial charge in [-0.1, -0.05) is 13.8 Å². The fourth-order valence-electron chi connectivity index (χ4n) is 1.77. The van der Waals surface area contributed by atoms with E-state index in [2.05, 4.69) is 19.2 Å². The summed E-state index contributed by atoms with van der Waals surface area (Å²) >= 11 is 0. The van der Waals surface area contributed by atoms with Gasteiger partial charge in [-0.3, -0.25) is 4.79 Å². The Labute approximate surface area is 80.5 Å². The van der Waals surface area contributed by atoms with E-state index in [9.17, 15) is 4.79 Å². The second-order valence-corrected chi connectivity index (χ2v) is 4.08. The fraction of sp³-hybridized carbons (Fsp3) is 0.900. The summed E-state index contributed by atoms with van der Waals surface area (Å²) < 4.78 is 0. The van der Waals surface area contributed by atoms with Crippen molar-refractivity contribution in [3.8, 4) is 0 Å². The summed E-state index contributed by atoms with van der Waals surface area (Å²) in [5.41, 5.74) is 0. The Morgan fingerprint density at radius 1 is 1.54 bits per heavy atom. The highest BCUT2D eigenvalue weighted by Crippen LogP contribution is 2.12. The van der Waals surface area contributed by atoms with E-state index < -0.39 is 0 Å². The second kappa shape index (κ2) is 4.61. The van der Waals surface area contributed by atoms with Crippen LogP contribution in [-0.4, -0.2) is 37.0 Å². The maximum Gasteiger partial charge on any atom is 0.222 e. The molecule has 1 aliphatic heterocycles. The van der Waals surface area contributed by atoms with Crippen LogP contribution >= 0.6 is 0 Å². The van der Waals surface area contributed by atoms with Crippen molar-refractivity contribution in [1.82, 2.24) is 10.2 Å². The molecule has 0 aromatic carbocycles. The Kier molecular flexibility index (Phi) is 3.72. The van der Waals surface area contributed by atoms with E-state index in [0.29, 0.717) is 17.9 Å². The topological polar surface area (TPSA) is 32.3 Å². The molecule has 1 unspecified atom stereocenters. The smallest absolute Gasteiger partial charge is 0.222 e. The molecule has 3 heteroatoms. The van der Waals surface area contributed by atoms with Crippen molar-refractivity contribution in [3.05, 3.63) is 0 Å². The molecule has 0 spiro atoms. The van der Waals surface area contributed by atoms with Gasteiger partial charge in [0, 0.05) is 25.6 Å². The van der Waals surface area contributed by atoms with Gasteiger partial charge in [0.2, 0.25) is 5.91 Å². The molecule has 0 saturated carbocycles. The third-order valence-corrected chi connectivity index (χ3v) is 2.76. The number of hydrogen-bond acceptors (Lipinski definition) is 2. The van der Waals surface area contributed by atoms with Crippen LogP contribution in [0.3, 0.4) is 0 Å². The Hall–Kier alpha value is -0.570. The van der Waals surface area contributed by atoms with Gasteiger partial charge in [-0.25, -0.2) is 0 Å². The van der Waals surface area contributed by atoms with Gasteiger partial charge in [0.05, 0.1) is 0 Å². The van der Waals surface area contributed by atoms with Gasteiger partial charge < -0.3 is 10.2 Å². The molecule has 1 amide bonds. The fourth-order valence-corrected chi connectivity index (χ4v) is 1.77. The van der Waals surface area contributed by atoms with Crippen molar-refractivity contribution in [2.75, 3.05) is 20.1 Å². The molecule has 0 aliphatic carbocycles. The minimum absolute atomic E-state index is 0.320. The van der Waals surface area contributed by atoms with Crippen molar-refractivity contribution >= 4 is 5.91 Å². The first-order chi connectivity index (χ1) is 6.15. The Bertz CT molecular complexity index is 180. The zero-order valence-corrected chi connectivity index (χ0v) is 8.84. The molecule has 0 aromatic heterocycles. The average Bonchev–Trinajstić information content (AvgIpc) is 2.46. The third-order valence-electron chi connectivity index (χ3n) is 2.76. The second-order valence-electron chi connectivity index (χ2n) is 4.08. The van der Waals surface area contributed by atoms with Crippen LogP contribution in [0.4, 0.5) is 0 Å². The summed E-state index contributed by atoms with van der Waals surface area (Å²) in [6.45, 7) is 6.18. The number of carbonyl (C=O) groups excluding carboxylic acids is 1. The van der Waals surface area contributed by atoms with Crippen LogP contribution in [0.15, 0.2) is 0 Å². The predicted molar refractivity (Wildman–Crippen MR) is 53.5 cm³/mol. The molecule has 1 N–H and O–H groups in total. The third kappa shape index (κ3) is 2.69. The van der Waals surface area contributed by atoms with Crippen LogP contribution in [-0.2, 0) is 4.79 Å². The van der Waals surface area contributed by atoms with Gasteiger partial charge in [-0.05, 0) is 19.4 Å². The van der Waals surface area contributed by atoms with Gasteiger partial charge in [0.15, 0.2) is 0 Å². The molecule has 76 valence electrons. The highest BCUT2D eigenvalue weighted by Gasteiger charge is 2.23. The lowest BCUT2D eigenvalue weighted by Gasteiger charge is -2.26. The van der Waals surface area contributed by atoms with Crippen molar-refractivity contribution in [1.29, 1.82) is 0 Å². The average molecular weight is 184 g/mol. The zero-order valence-electron chi connectivity index (χ0n) is 8.84. The first-order valence-electron chi connectivity index (χ1n) is 5.10. The quantitative estimate of drug-likeness (QED) is 0.702. The monoisotopic (exact) mass is 184 g/mol. The molecule has 1 aliphatic rings. The molecular weight excluding hydrogens is 164 g/mol. The highest BCUT2D eigenvalue weighted by atomic mass is 16.2. The first kappa shape index (κ1) is 10.5. The van der Waals surface area contributed by atoms with Crippen molar-refractivity contribution in [2.24, 2.45) is 5.92 Å². The molecule has 0 aromatic rings. The summed E-state index contributed by atoms with van der Waals surface area (Å²) in [5, 5.41) is 3.26. The van der Waals surface area contributed by atoms with Crippen LogP contribution < -0.4 is 5.32 Å². The van der Waals surface area contributed by atoms with Crippen LogP contribution in [0.2, 0.25) is 0 Å². The van der Waals surface area contributed by atoms with Crippen LogP contribution in [0, 0.1) is 5.92 Å². The molecule has 1 fully saturated rings. The lowest BCUT2D eigenvalue weighted by atomic mass is 10.0. The molecule has 0 bridgehead atoms. The minimum Gasteiger partial charge on any atom is -0.341 e. The molecule has 3 nitrogen and oxygen atoms in total. The van der Waals surface area contributed by atoms with E-state index in [1.807, 2.05) is 11.9 Å². The summed E-state index contributed by atoms with van der Waals surface area (Å²) in [7, 11) is 1.96. The summed E-state index contributed by atoms with van der Waals surface area (Å²) in [6, 6.07) is 0.432. The molecule has 1 heterocycles. The Morgan fingerprint density at radius 2 is 2.23 bits per heavy atom. The lowest BCUT2D eigenvalue weighted by molar-refractivity contribution is -0.128. The normalized spacial score (nSPS) is 20.0. The maximum absolute atomic E-state index is 11.3. The minimum atomic E-state index is 0.320. The zero-order chi connectivity index (χ0) is 9.84. The predicted octanol–water partition coefficient (Wildman–Crippen LogP) is 0.853. The molecule has 1 rings (SSSR count). The number of nitrogens with zero attached hydrogens (tertiary/aromatic N) is 1. The van der Waals surface area contributed by atoms with E-state index in [4.69, 9.17) is 0 Å². The van der Waals surface area contributed by atoms with E-state index in [1.165, 1.54) is 0 Å². The van der Waals surface area contributed by atoms with Crippen molar-refractivity contribution < 1.29 is 4.79 Å². The van der Waals surface area contributed by atoms with Crippen molar-refractivity contribution in [3.63, 3.8) is 0 Å². The Balaban J connectivity index is 2.41. The van der Waals surface area contributed by atoms with Crippen LogP contribution in [0.1, 0.15) is 26.7 Å². The van der Waals surface area contributed by atoms with Gasteiger partial charge in [-0.2, -0.15) is 0 Å². The van der Waals surface area contributed by atoms with Gasteiger partial charge >= 0.3 is 0 Å². The van der Waals surface area contributed by atoms with Crippen LogP contribution in [0.25, 0.3) is 0 Å². The SMILES string of the molecule is CNC(CN1CCCC1=O)C(C)C. The lowest BCUT2D eigenvalue weighted by Crippen LogP contribution is -2.43. The number of carbonyl (C=O) groups is 1. The van der Waals surface area contributed by atoms with E-state index in [1.54, 1.807) is 0 Å². The maximum atomic E-state index is 11.3. The van der Waals surface area contributed by atoms with Crippen LogP contribution in [0.5, 0.6) is 0 Å². The van der Waals surface area contributed by atoms with E-state index >= 15 is 0 Å². The molecular formula is C10H20N2O. The first-order valence-corrected chi connectivity index (χ1v) is 5.10. The summed E-state index contributed by atoms with van der Waals surface area (Å²) in [6.07, 6.45) is 1.78. The number of rotatable bonds is 4. The van der Waals surface area contributed by atoms with E-state index in [0.717, 1.165) is 25.9 Å². The molecule has 1 atom stereocenters. The van der Waals surface area contributed by atoms with Gasteiger partial charge in [-0.15, -0.1) is 0 Å². The number of likely N-dealkylation sites (N-methyl/N-ethyl adjacent to an activating group) is 1. The summed E-state index contributed by atoms with van der Waals surface area (Å²) in [4.78, 5) is 13.3. The van der Waals surface area contributed by atoms with Gasteiger partial charge in [0.25, 0.3) is 0 Å². The van der Waals surface area contributed by atoms with E-state index in [-0.39, 0.29) is 0 Å².